The van der Waals surface area contributed by atoms with E-state index in [4.69, 9.17) is 18.9 Å². The SMILES string of the molecule is CCCCOc1ccc(OCc2cc(F)ccc2C(=COC)C(=O)OC)cc1. The summed E-state index contributed by atoms with van der Waals surface area (Å²) in [6.07, 6.45) is 3.34. The second-order valence-electron chi connectivity index (χ2n) is 6.02. The quantitative estimate of drug-likeness (QED) is 0.255. The van der Waals surface area contributed by atoms with Crippen LogP contribution in [0.2, 0.25) is 0 Å². The lowest BCUT2D eigenvalue weighted by Gasteiger charge is -2.13. The molecule has 0 saturated carbocycles. The Hall–Kier alpha value is -3.02. The summed E-state index contributed by atoms with van der Waals surface area (Å²) in [5.41, 5.74) is 1.16. The lowest BCUT2D eigenvalue weighted by Crippen LogP contribution is -2.09. The average molecular weight is 388 g/mol. The number of benzene rings is 2. The molecule has 0 atom stereocenters. The van der Waals surface area contributed by atoms with Crippen LogP contribution in [-0.4, -0.2) is 26.8 Å². The van der Waals surface area contributed by atoms with Crippen molar-refractivity contribution in [2.75, 3.05) is 20.8 Å². The van der Waals surface area contributed by atoms with Gasteiger partial charge in [0.15, 0.2) is 0 Å². The molecule has 0 heterocycles. The topological polar surface area (TPSA) is 54.0 Å². The third-order valence-electron chi connectivity index (χ3n) is 3.98. The van der Waals surface area contributed by atoms with Crippen LogP contribution in [0.4, 0.5) is 4.39 Å². The highest BCUT2D eigenvalue weighted by molar-refractivity contribution is 6.16. The van der Waals surface area contributed by atoms with Crippen LogP contribution in [0.5, 0.6) is 11.5 Å². The van der Waals surface area contributed by atoms with Gasteiger partial charge in [-0.3, -0.25) is 0 Å². The minimum Gasteiger partial charge on any atom is -0.503 e. The summed E-state index contributed by atoms with van der Waals surface area (Å²) in [4.78, 5) is 12.0. The van der Waals surface area contributed by atoms with Crippen molar-refractivity contribution in [1.29, 1.82) is 0 Å². The fourth-order valence-electron chi connectivity index (χ4n) is 2.52. The van der Waals surface area contributed by atoms with Crippen molar-refractivity contribution in [3.05, 3.63) is 65.7 Å². The Morgan fingerprint density at radius 2 is 1.71 bits per heavy atom. The molecule has 0 aromatic heterocycles. The maximum atomic E-state index is 13.8. The highest BCUT2D eigenvalue weighted by Crippen LogP contribution is 2.25. The second-order valence-corrected chi connectivity index (χ2v) is 6.02. The van der Waals surface area contributed by atoms with Crippen LogP contribution in [0.15, 0.2) is 48.7 Å². The minimum absolute atomic E-state index is 0.0706. The molecule has 0 aliphatic carbocycles. The lowest BCUT2D eigenvalue weighted by atomic mass is 10.0. The van der Waals surface area contributed by atoms with Gasteiger partial charge in [0.25, 0.3) is 0 Å². The molecule has 2 rings (SSSR count). The molecule has 0 spiro atoms. The molecule has 0 saturated heterocycles. The van der Waals surface area contributed by atoms with E-state index in [1.54, 1.807) is 12.1 Å². The fraction of sp³-hybridized carbons (Fsp3) is 0.318. The second kappa shape index (κ2) is 11.0. The molecule has 0 N–H and O–H groups in total. The summed E-state index contributed by atoms with van der Waals surface area (Å²) in [5, 5.41) is 0. The highest BCUT2D eigenvalue weighted by atomic mass is 19.1. The number of methoxy groups -OCH3 is 2. The molecule has 2 aromatic carbocycles. The van der Waals surface area contributed by atoms with E-state index >= 15 is 0 Å². The Bertz CT molecular complexity index is 799. The molecule has 2 aromatic rings. The Kier molecular flexibility index (Phi) is 8.34. The number of hydrogen-bond donors (Lipinski definition) is 0. The van der Waals surface area contributed by atoms with Crippen molar-refractivity contribution >= 4 is 11.5 Å². The summed E-state index contributed by atoms with van der Waals surface area (Å²) in [6.45, 7) is 2.85. The zero-order valence-corrected chi connectivity index (χ0v) is 16.4. The van der Waals surface area contributed by atoms with E-state index in [0.29, 0.717) is 23.5 Å². The van der Waals surface area contributed by atoms with Gasteiger partial charge in [0.05, 0.1) is 27.1 Å². The third kappa shape index (κ3) is 6.01. The number of carbonyl (C=O) groups is 1. The molecule has 0 bridgehead atoms. The Morgan fingerprint density at radius 1 is 1.04 bits per heavy atom. The molecular formula is C22H25FO5. The number of carbonyl (C=O) groups excluding carboxylic acids is 1. The van der Waals surface area contributed by atoms with Crippen molar-refractivity contribution in [3.63, 3.8) is 0 Å². The third-order valence-corrected chi connectivity index (χ3v) is 3.98. The molecule has 0 aliphatic rings. The van der Waals surface area contributed by atoms with Gasteiger partial charge in [-0.2, -0.15) is 0 Å². The summed E-state index contributed by atoms with van der Waals surface area (Å²) in [6, 6.07) is 11.3. The number of unbranched alkanes of at least 4 members (excludes halogenated alkanes) is 1. The Labute approximate surface area is 164 Å². The van der Waals surface area contributed by atoms with Crippen LogP contribution in [0.3, 0.4) is 0 Å². The number of ether oxygens (including phenoxy) is 4. The molecule has 28 heavy (non-hydrogen) atoms. The molecule has 0 unspecified atom stereocenters. The first-order valence-corrected chi connectivity index (χ1v) is 9.04. The molecule has 6 heteroatoms. The largest absolute Gasteiger partial charge is 0.503 e. The van der Waals surface area contributed by atoms with E-state index in [0.717, 1.165) is 18.6 Å². The monoisotopic (exact) mass is 388 g/mol. The van der Waals surface area contributed by atoms with E-state index in [9.17, 15) is 9.18 Å². The molecule has 0 fully saturated rings. The van der Waals surface area contributed by atoms with Crippen LogP contribution in [0.25, 0.3) is 5.57 Å². The smallest absolute Gasteiger partial charge is 0.341 e. The van der Waals surface area contributed by atoms with Gasteiger partial charge in [-0.05, 0) is 48.4 Å². The van der Waals surface area contributed by atoms with Gasteiger partial charge >= 0.3 is 5.97 Å². The predicted molar refractivity (Wildman–Crippen MR) is 105 cm³/mol. The van der Waals surface area contributed by atoms with Gasteiger partial charge in [0, 0.05) is 5.56 Å². The van der Waals surface area contributed by atoms with Crippen molar-refractivity contribution in [1.82, 2.24) is 0 Å². The van der Waals surface area contributed by atoms with Crippen molar-refractivity contribution in [2.24, 2.45) is 0 Å². The van der Waals surface area contributed by atoms with E-state index in [2.05, 4.69) is 6.92 Å². The fourth-order valence-corrected chi connectivity index (χ4v) is 2.52. The molecule has 150 valence electrons. The first-order valence-electron chi connectivity index (χ1n) is 9.04. The van der Waals surface area contributed by atoms with Gasteiger partial charge in [-0.15, -0.1) is 0 Å². The molecule has 0 radical (unpaired) electrons. The van der Waals surface area contributed by atoms with Gasteiger partial charge < -0.3 is 18.9 Å². The number of halogens is 1. The Morgan fingerprint density at radius 3 is 2.32 bits per heavy atom. The first-order chi connectivity index (χ1) is 13.6. The first kappa shape index (κ1) is 21.3. The number of rotatable bonds is 10. The lowest BCUT2D eigenvalue weighted by molar-refractivity contribution is -0.133. The van der Waals surface area contributed by atoms with Crippen LogP contribution in [0.1, 0.15) is 30.9 Å². The average Bonchev–Trinajstić information content (AvgIpc) is 2.71. The maximum Gasteiger partial charge on any atom is 0.341 e. The van der Waals surface area contributed by atoms with Crippen LogP contribution >= 0.6 is 0 Å². The van der Waals surface area contributed by atoms with Crippen molar-refractivity contribution in [3.8, 4) is 11.5 Å². The van der Waals surface area contributed by atoms with Gasteiger partial charge in [-0.1, -0.05) is 19.4 Å². The van der Waals surface area contributed by atoms with E-state index < -0.39 is 11.8 Å². The maximum absolute atomic E-state index is 13.8. The summed E-state index contributed by atoms with van der Waals surface area (Å²) in [7, 11) is 2.70. The van der Waals surface area contributed by atoms with E-state index in [-0.39, 0.29) is 12.2 Å². The van der Waals surface area contributed by atoms with E-state index in [1.165, 1.54) is 38.7 Å². The van der Waals surface area contributed by atoms with Crippen LogP contribution < -0.4 is 9.47 Å². The van der Waals surface area contributed by atoms with Crippen LogP contribution in [0, 0.1) is 5.82 Å². The molecule has 0 amide bonds. The normalized spacial score (nSPS) is 11.1. The molecule has 0 aliphatic heterocycles. The highest BCUT2D eigenvalue weighted by Gasteiger charge is 2.18. The predicted octanol–water partition coefficient (Wildman–Crippen LogP) is 4.74. The summed E-state index contributed by atoms with van der Waals surface area (Å²) < 4.78 is 34.9. The standard InChI is InChI=1S/C22H25FO5/c1-4-5-12-27-18-7-9-19(10-8-18)28-14-16-13-17(23)6-11-20(16)21(15-25-2)22(24)26-3/h6-11,13,15H,4-5,12,14H2,1-3H3. The summed E-state index contributed by atoms with van der Waals surface area (Å²) in [5.74, 6) is 0.364. The zero-order valence-electron chi connectivity index (χ0n) is 16.4. The van der Waals surface area contributed by atoms with Gasteiger partial charge in [0.2, 0.25) is 0 Å². The van der Waals surface area contributed by atoms with E-state index in [1.807, 2.05) is 12.1 Å². The number of esters is 1. The zero-order chi connectivity index (χ0) is 20.4. The molecule has 5 nitrogen and oxygen atoms in total. The van der Waals surface area contributed by atoms with Gasteiger partial charge in [0.1, 0.15) is 29.5 Å². The Balaban J connectivity index is 2.14. The van der Waals surface area contributed by atoms with Crippen molar-refractivity contribution < 1.29 is 28.1 Å². The minimum atomic E-state index is -0.580. The van der Waals surface area contributed by atoms with Crippen molar-refractivity contribution in [2.45, 2.75) is 26.4 Å². The number of hydrogen-bond acceptors (Lipinski definition) is 5. The molecular weight excluding hydrogens is 363 g/mol. The summed E-state index contributed by atoms with van der Waals surface area (Å²) >= 11 is 0. The van der Waals surface area contributed by atoms with Gasteiger partial charge in [-0.25, -0.2) is 9.18 Å². The van der Waals surface area contributed by atoms with Crippen LogP contribution in [-0.2, 0) is 20.9 Å².